The van der Waals surface area contributed by atoms with Crippen LogP contribution in [0, 0.1) is 6.92 Å². The summed E-state index contributed by atoms with van der Waals surface area (Å²) >= 11 is 3.35. The van der Waals surface area contributed by atoms with E-state index < -0.39 is 5.97 Å². The summed E-state index contributed by atoms with van der Waals surface area (Å²) in [7, 11) is 0. The van der Waals surface area contributed by atoms with E-state index in [4.69, 9.17) is 5.11 Å². The average Bonchev–Trinajstić information content (AvgIpc) is 2.36. The Balaban J connectivity index is 2.31. The third kappa shape index (κ3) is 3.12. The van der Waals surface area contributed by atoms with Gasteiger partial charge in [-0.15, -0.1) is 0 Å². The van der Waals surface area contributed by atoms with Gasteiger partial charge in [0.1, 0.15) is 0 Å². The summed E-state index contributed by atoms with van der Waals surface area (Å²) in [5.74, 6) is -0.956. The number of aromatic nitrogens is 1. The Bertz CT molecular complexity index is 674. The Morgan fingerprint density at radius 3 is 2.53 bits per heavy atom. The fourth-order valence-electron chi connectivity index (χ4n) is 1.81. The molecule has 0 fully saturated rings. The van der Waals surface area contributed by atoms with Crippen LogP contribution in [0.1, 0.15) is 21.5 Å². The maximum absolute atomic E-state index is 11.9. The highest BCUT2D eigenvalue weighted by molar-refractivity contribution is 9.10. The first-order valence-electron chi connectivity index (χ1n) is 5.66. The van der Waals surface area contributed by atoms with Crippen LogP contribution in [0.15, 0.2) is 45.8 Å². The van der Waals surface area contributed by atoms with Gasteiger partial charge < -0.3 is 9.67 Å². The summed E-state index contributed by atoms with van der Waals surface area (Å²) in [6.45, 7) is 2.18. The van der Waals surface area contributed by atoms with Gasteiger partial charge in [0, 0.05) is 16.2 Å². The predicted molar refractivity (Wildman–Crippen MR) is 75.6 cm³/mol. The van der Waals surface area contributed by atoms with E-state index in [-0.39, 0.29) is 11.1 Å². The van der Waals surface area contributed by atoms with Crippen molar-refractivity contribution >= 4 is 21.9 Å². The minimum absolute atomic E-state index is 0.0505. The normalized spacial score (nSPS) is 10.4. The first kappa shape index (κ1) is 13.5. The number of aryl methyl sites for hydroxylation is 1. The molecule has 0 aliphatic heterocycles. The molecule has 0 radical (unpaired) electrons. The van der Waals surface area contributed by atoms with Crippen LogP contribution in [-0.2, 0) is 6.54 Å². The minimum atomic E-state index is -0.956. The molecule has 0 spiro atoms. The summed E-state index contributed by atoms with van der Waals surface area (Å²) in [6.07, 6.45) is 1.72. The van der Waals surface area contributed by atoms with E-state index in [1.807, 2.05) is 0 Å². The van der Waals surface area contributed by atoms with Crippen LogP contribution in [0.3, 0.4) is 0 Å². The third-order valence-corrected chi connectivity index (χ3v) is 3.22. The van der Waals surface area contributed by atoms with Crippen molar-refractivity contribution in [2.24, 2.45) is 0 Å². The van der Waals surface area contributed by atoms with E-state index in [0.29, 0.717) is 12.1 Å². The number of pyridine rings is 1. The number of carbonyl (C=O) groups is 1. The molecule has 0 unspecified atom stereocenters. The van der Waals surface area contributed by atoms with Crippen LogP contribution >= 0.6 is 15.9 Å². The van der Waals surface area contributed by atoms with E-state index in [9.17, 15) is 9.59 Å². The topological polar surface area (TPSA) is 59.3 Å². The number of hydrogen-bond donors (Lipinski definition) is 1. The molecule has 0 saturated carbocycles. The zero-order valence-electron chi connectivity index (χ0n) is 10.3. The number of halogens is 1. The lowest BCUT2D eigenvalue weighted by atomic mass is 10.1. The molecule has 0 aliphatic carbocycles. The zero-order valence-corrected chi connectivity index (χ0v) is 11.8. The highest BCUT2D eigenvalue weighted by Gasteiger charge is 2.05. The number of carboxylic acids is 1. The Morgan fingerprint density at radius 2 is 1.95 bits per heavy atom. The lowest BCUT2D eigenvalue weighted by Gasteiger charge is -2.08. The summed E-state index contributed by atoms with van der Waals surface area (Å²) in [6, 6.07) is 8.27. The molecule has 1 N–H and O–H groups in total. The van der Waals surface area contributed by atoms with E-state index in [1.165, 1.54) is 12.1 Å². The second-order valence-electron chi connectivity index (χ2n) is 4.28. The van der Waals surface area contributed by atoms with E-state index in [2.05, 4.69) is 15.9 Å². The minimum Gasteiger partial charge on any atom is -0.478 e. The standard InChI is InChI=1S/C14H12BrNO3/c1-9-6-12(15)8-16(13(9)17)7-10-2-4-11(5-3-10)14(18)19/h2-6,8H,7H2,1H3,(H,18,19). The largest absolute Gasteiger partial charge is 0.478 e. The molecule has 2 aromatic rings. The van der Waals surface area contributed by atoms with Gasteiger partial charge >= 0.3 is 5.97 Å². The maximum Gasteiger partial charge on any atom is 0.335 e. The van der Waals surface area contributed by atoms with Crippen molar-refractivity contribution in [3.05, 3.63) is 68.0 Å². The summed E-state index contributed by atoms with van der Waals surface area (Å²) in [5, 5.41) is 8.82. The average molecular weight is 322 g/mol. The van der Waals surface area contributed by atoms with E-state index >= 15 is 0 Å². The van der Waals surface area contributed by atoms with Crippen molar-refractivity contribution < 1.29 is 9.90 Å². The number of hydrogen-bond acceptors (Lipinski definition) is 2. The SMILES string of the molecule is Cc1cc(Br)cn(Cc2ccc(C(=O)O)cc2)c1=O. The van der Waals surface area contributed by atoms with Gasteiger partial charge in [-0.05, 0) is 46.6 Å². The fraction of sp³-hybridized carbons (Fsp3) is 0.143. The molecule has 1 heterocycles. The second kappa shape index (κ2) is 5.40. The number of nitrogens with zero attached hydrogens (tertiary/aromatic N) is 1. The molecule has 1 aromatic heterocycles. The van der Waals surface area contributed by atoms with Crippen molar-refractivity contribution in [1.29, 1.82) is 0 Å². The predicted octanol–water partition coefficient (Wildman–Crippen LogP) is 2.67. The van der Waals surface area contributed by atoms with E-state index in [1.54, 1.807) is 35.9 Å². The van der Waals surface area contributed by atoms with Crippen LogP contribution in [-0.4, -0.2) is 15.6 Å². The zero-order chi connectivity index (χ0) is 14.0. The van der Waals surface area contributed by atoms with Gasteiger partial charge in [-0.25, -0.2) is 4.79 Å². The van der Waals surface area contributed by atoms with Gasteiger partial charge in [0.15, 0.2) is 0 Å². The molecule has 0 aliphatic rings. The molecule has 98 valence electrons. The van der Waals surface area contributed by atoms with Crippen LogP contribution in [0.25, 0.3) is 0 Å². The number of aromatic carboxylic acids is 1. The molecule has 2 rings (SSSR count). The monoisotopic (exact) mass is 321 g/mol. The van der Waals surface area contributed by atoms with Gasteiger partial charge in [0.05, 0.1) is 12.1 Å². The van der Waals surface area contributed by atoms with Crippen LogP contribution < -0.4 is 5.56 Å². The second-order valence-corrected chi connectivity index (χ2v) is 5.19. The Morgan fingerprint density at radius 1 is 1.32 bits per heavy atom. The van der Waals surface area contributed by atoms with Crippen molar-refractivity contribution in [3.63, 3.8) is 0 Å². The first-order valence-corrected chi connectivity index (χ1v) is 6.45. The Hall–Kier alpha value is -1.88. The smallest absolute Gasteiger partial charge is 0.335 e. The summed E-state index contributed by atoms with van der Waals surface area (Å²) in [5.41, 5.74) is 1.73. The molecular formula is C14H12BrNO3. The van der Waals surface area contributed by atoms with Crippen molar-refractivity contribution in [2.75, 3.05) is 0 Å². The van der Waals surface area contributed by atoms with Crippen molar-refractivity contribution in [2.45, 2.75) is 13.5 Å². The number of benzene rings is 1. The van der Waals surface area contributed by atoms with E-state index in [0.717, 1.165) is 10.0 Å². The van der Waals surface area contributed by atoms with Crippen molar-refractivity contribution in [1.82, 2.24) is 4.57 Å². The first-order chi connectivity index (χ1) is 8.97. The van der Waals surface area contributed by atoms with Crippen LogP contribution in [0.4, 0.5) is 0 Å². The fourth-order valence-corrected chi connectivity index (χ4v) is 2.40. The molecule has 0 atom stereocenters. The summed E-state index contributed by atoms with van der Waals surface area (Å²) in [4.78, 5) is 22.7. The molecule has 0 bridgehead atoms. The van der Waals surface area contributed by atoms with Gasteiger partial charge in [-0.2, -0.15) is 0 Å². The van der Waals surface area contributed by atoms with Gasteiger partial charge in [-0.3, -0.25) is 4.79 Å². The molecule has 4 nitrogen and oxygen atoms in total. The molecular weight excluding hydrogens is 310 g/mol. The molecule has 19 heavy (non-hydrogen) atoms. The Labute approximate surface area is 118 Å². The quantitative estimate of drug-likeness (QED) is 0.945. The number of carboxylic acid groups (broad SMARTS) is 1. The third-order valence-electron chi connectivity index (χ3n) is 2.79. The highest BCUT2D eigenvalue weighted by Crippen LogP contribution is 2.10. The number of rotatable bonds is 3. The lowest BCUT2D eigenvalue weighted by Crippen LogP contribution is -2.22. The van der Waals surface area contributed by atoms with Crippen molar-refractivity contribution in [3.8, 4) is 0 Å². The highest BCUT2D eigenvalue weighted by atomic mass is 79.9. The van der Waals surface area contributed by atoms with Crippen LogP contribution in [0.5, 0.6) is 0 Å². The Kier molecular flexibility index (Phi) is 3.85. The van der Waals surface area contributed by atoms with Crippen LogP contribution in [0.2, 0.25) is 0 Å². The molecule has 1 aromatic carbocycles. The molecule has 0 amide bonds. The molecule has 0 saturated heterocycles. The van der Waals surface area contributed by atoms with Gasteiger partial charge in [0.25, 0.3) is 5.56 Å². The molecule has 5 heteroatoms. The van der Waals surface area contributed by atoms with Gasteiger partial charge in [-0.1, -0.05) is 12.1 Å². The lowest BCUT2D eigenvalue weighted by molar-refractivity contribution is 0.0697. The summed E-state index contributed by atoms with van der Waals surface area (Å²) < 4.78 is 2.43. The maximum atomic E-state index is 11.9. The van der Waals surface area contributed by atoms with Gasteiger partial charge in [0.2, 0.25) is 0 Å².